The van der Waals surface area contributed by atoms with Gasteiger partial charge in [-0.2, -0.15) is 0 Å². The Morgan fingerprint density at radius 1 is 0.973 bits per heavy atom. The van der Waals surface area contributed by atoms with Crippen molar-refractivity contribution >= 4 is 67.2 Å². The lowest BCUT2D eigenvalue weighted by Gasteiger charge is -2.40. The Hall–Kier alpha value is -3.54. The minimum Gasteiger partial charge on any atom is -0.388 e. The molecule has 5 heterocycles. The number of nitrogens with one attached hydrogen (secondary N) is 1. The number of amides is 2. The Morgan fingerprint density at radius 3 is 2.43 bits per heavy atom. The first kappa shape index (κ1) is 22.6. The predicted molar refractivity (Wildman–Crippen MR) is 136 cm³/mol. The van der Waals surface area contributed by atoms with Crippen LogP contribution in [-0.2, 0) is 4.74 Å². The molecular formula is C26H21ClN4O6. The maximum atomic E-state index is 13.5. The molecule has 4 N–H and O–H groups in total. The number of hydrogen-bond acceptors (Lipinski definition) is 7. The van der Waals surface area contributed by atoms with Crippen molar-refractivity contribution in [2.24, 2.45) is 0 Å². The molecule has 1 saturated heterocycles. The molecular weight excluding hydrogens is 500 g/mol. The standard InChI is InChI=1S/C26H21ClN4O6/c1-30-24(35)16-14-10-5-2-3-7-12(10)29-18(14)19-15(17(16)25(30)36)11-6-4-8-28-23(11)31(19)26-22(34)21(33)20(32)13(9-27)37-26/h2-8,13,20-22,26,29,32-34H,9H2,1H3/t13-,20-,21+,22-,26-/m1/s1. The fourth-order valence-corrected chi connectivity index (χ4v) is 6.10. The number of benzene rings is 2. The van der Waals surface area contributed by atoms with Crippen molar-refractivity contribution in [2.45, 2.75) is 30.6 Å². The average molecular weight is 521 g/mol. The Bertz CT molecular complexity index is 1790. The number of pyridine rings is 1. The molecule has 2 aromatic carbocycles. The van der Waals surface area contributed by atoms with Gasteiger partial charge in [-0.15, -0.1) is 11.6 Å². The second kappa shape index (κ2) is 7.73. The Kier molecular flexibility index (Phi) is 4.73. The van der Waals surface area contributed by atoms with Crippen LogP contribution in [0.1, 0.15) is 26.9 Å². The number of fused-ring (bicyclic) bond motifs is 10. The minimum atomic E-state index is -1.54. The van der Waals surface area contributed by atoms with Gasteiger partial charge in [0.25, 0.3) is 11.8 Å². The quantitative estimate of drug-likeness (QED) is 0.207. The Morgan fingerprint density at radius 2 is 1.68 bits per heavy atom. The molecule has 11 heteroatoms. The minimum absolute atomic E-state index is 0.124. The lowest BCUT2D eigenvalue weighted by Crippen LogP contribution is -2.56. The molecule has 0 spiro atoms. The number of nitrogens with zero attached hydrogens (tertiary/aromatic N) is 3. The number of aromatic nitrogens is 3. The van der Waals surface area contributed by atoms with Crippen LogP contribution in [0.4, 0.5) is 0 Å². The normalized spacial score (nSPS) is 26.3. The summed E-state index contributed by atoms with van der Waals surface area (Å²) in [6.07, 6.45) is -5.07. The van der Waals surface area contributed by atoms with Crippen molar-refractivity contribution in [3.63, 3.8) is 0 Å². The summed E-state index contributed by atoms with van der Waals surface area (Å²) in [6.45, 7) is 0. The fourth-order valence-electron chi connectivity index (χ4n) is 5.84. The molecule has 3 aromatic heterocycles. The summed E-state index contributed by atoms with van der Waals surface area (Å²) in [7, 11) is 1.45. The van der Waals surface area contributed by atoms with Crippen LogP contribution in [0.2, 0.25) is 0 Å². The summed E-state index contributed by atoms with van der Waals surface area (Å²) in [5.41, 5.74) is 2.72. The van der Waals surface area contributed by atoms with Gasteiger partial charge in [-0.25, -0.2) is 4.98 Å². The molecule has 2 aliphatic heterocycles. The van der Waals surface area contributed by atoms with E-state index in [-0.39, 0.29) is 11.4 Å². The predicted octanol–water partition coefficient (Wildman–Crippen LogP) is 2.27. The summed E-state index contributed by atoms with van der Waals surface area (Å²) < 4.78 is 7.68. The molecule has 1 fully saturated rings. The highest BCUT2D eigenvalue weighted by Gasteiger charge is 2.46. The zero-order valence-corrected chi connectivity index (χ0v) is 20.2. The van der Waals surface area contributed by atoms with Gasteiger partial charge in [-0.05, 0) is 18.2 Å². The van der Waals surface area contributed by atoms with Crippen molar-refractivity contribution in [2.75, 3.05) is 12.9 Å². The Labute approximate surface area is 213 Å². The topological polar surface area (TPSA) is 141 Å². The molecule has 7 rings (SSSR count). The molecule has 5 aromatic rings. The number of carbonyl (C=O) groups excluding carboxylic acids is 2. The number of ether oxygens (including phenoxy) is 1. The van der Waals surface area contributed by atoms with E-state index in [2.05, 4.69) is 9.97 Å². The number of aromatic amines is 1. The molecule has 10 nitrogen and oxygen atoms in total. The number of hydrogen-bond donors (Lipinski definition) is 4. The number of aliphatic hydroxyl groups is 3. The molecule has 0 aliphatic carbocycles. The smallest absolute Gasteiger partial charge is 0.262 e. The van der Waals surface area contributed by atoms with E-state index in [1.54, 1.807) is 22.9 Å². The second-order valence-electron chi connectivity index (χ2n) is 9.50. The summed E-state index contributed by atoms with van der Waals surface area (Å²) in [4.78, 5) is 35.9. The maximum absolute atomic E-state index is 13.5. The zero-order valence-electron chi connectivity index (χ0n) is 19.4. The number of alkyl halides is 1. The van der Waals surface area contributed by atoms with Crippen molar-refractivity contribution < 1.29 is 29.6 Å². The molecule has 0 bridgehead atoms. The summed E-state index contributed by atoms with van der Waals surface area (Å²) in [5, 5.41) is 34.5. The molecule has 0 saturated carbocycles. The number of H-pyrrole nitrogens is 1. The monoisotopic (exact) mass is 520 g/mol. The second-order valence-corrected chi connectivity index (χ2v) is 9.81. The largest absolute Gasteiger partial charge is 0.388 e. The van der Waals surface area contributed by atoms with Crippen LogP contribution >= 0.6 is 11.6 Å². The van der Waals surface area contributed by atoms with E-state index < -0.39 is 42.5 Å². The first-order valence-corrected chi connectivity index (χ1v) is 12.3. The first-order chi connectivity index (χ1) is 17.8. The van der Waals surface area contributed by atoms with E-state index >= 15 is 0 Å². The molecule has 2 amide bonds. The van der Waals surface area contributed by atoms with Gasteiger partial charge < -0.3 is 25.0 Å². The third-order valence-electron chi connectivity index (χ3n) is 7.59. The average Bonchev–Trinajstić information content (AvgIpc) is 3.53. The first-order valence-electron chi connectivity index (χ1n) is 11.8. The molecule has 188 valence electrons. The van der Waals surface area contributed by atoms with E-state index in [0.717, 1.165) is 15.8 Å². The van der Waals surface area contributed by atoms with E-state index in [1.807, 2.05) is 24.3 Å². The lowest BCUT2D eigenvalue weighted by molar-refractivity contribution is -0.237. The number of halogens is 1. The molecule has 0 radical (unpaired) electrons. The third kappa shape index (κ3) is 2.76. The van der Waals surface area contributed by atoms with Crippen LogP contribution in [0.5, 0.6) is 0 Å². The molecule has 0 unspecified atom stereocenters. The zero-order chi connectivity index (χ0) is 25.7. The van der Waals surface area contributed by atoms with Gasteiger partial charge in [0, 0.05) is 40.3 Å². The van der Waals surface area contributed by atoms with Gasteiger partial charge in [-0.3, -0.25) is 19.1 Å². The van der Waals surface area contributed by atoms with Crippen molar-refractivity contribution in [3.05, 3.63) is 53.7 Å². The van der Waals surface area contributed by atoms with Crippen LogP contribution in [0.15, 0.2) is 42.6 Å². The Balaban J connectivity index is 1.71. The maximum Gasteiger partial charge on any atom is 0.262 e. The molecule has 37 heavy (non-hydrogen) atoms. The van der Waals surface area contributed by atoms with E-state index in [1.165, 1.54) is 7.05 Å². The molecule has 5 atom stereocenters. The fraction of sp³-hybridized carbons (Fsp3) is 0.269. The van der Waals surface area contributed by atoms with Crippen LogP contribution < -0.4 is 0 Å². The van der Waals surface area contributed by atoms with Gasteiger partial charge in [0.2, 0.25) is 0 Å². The van der Waals surface area contributed by atoms with E-state index in [0.29, 0.717) is 38.4 Å². The van der Waals surface area contributed by atoms with Crippen LogP contribution in [-0.4, -0.2) is 83.9 Å². The number of carbonyl (C=O) groups is 2. The van der Waals surface area contributed by atoms with Gasteiger partial charge in [-0.1, -0.05) is 18.2 Å². The van der Waals surface area contributed by atoms with Crippen molar-refractivity contribution in [1.82, 2.24) is 19.4 Å². The van der Waals surface area contributed by atoms with Crippen molar-refractivity contribution in [1.29, 1.82) is 0 Å². The lowest BCUT2D eigenvalue weighted by atomic mass is 9.96. The van der Waals surface area contributed by atoms with Crippen LogP contribution in [0.25, 0.3) is 43.7 Å². The highest BCUT2D eigenvalue weighted by Crippen LogP contribution is 2.46. The third-order valence-corrected chi connectivity index (χ3v) is 7.89. The number of rotatable bonds is 2. The highest BCUT2D eigenvalue weighted by molar-refractivity contribution is 6.39. The SMILES string of the molecule is CN1C(=O)c2c(c3c4cccnc4n([C@@H]4O[C@H](CCl)[C@@H](O)[C@H](O)[C@H]4O)c3c3[nH]c4ccccc4c23)C1=O. The highest BCUT2D eigenvalue weighted by atomic mass is 35.5. The number of para-hydroxylation sites is 1. The summed E-state index contributed by atoms with van der Waals surface area (Å²) in [5.74, 6) is -0.975. The van der Waals surface area contributed by atoms with E-state index in [4.69, 9.17) is 16.3 Å². The summed E-state index contributed by atoms with van der Waals surface area (Å²) >= 11 is 6.03. The van der Waals surface area contributed by atoms with Crippen molar-refractivity contribution in [3.8, 4) is 0 Å². The van der Waals surface area contributed by atoms with Gasteiger partial charge in [0.05, 0.1) is 28.0 Å². The number of imide groups is 1. The van der Waals surface area contributed by atoms with Gasteiger partial charge in [0.1, 0.15) is 30.1 Å². The molecule has 2 aliphatic rings. The van der Waals surface area contributed by atoms with Crippen LogP contribution in [0, 0.1) is 0 Å². The number of aliphatic hydroxyl groups excluding tert-OH is 3. The van der Waals surface area contributed by atoms with Crippen LogP contribution in [0.3, 0.4) is 0 Å². The van der Waals surface area contributed by atoms with E-state index in [9.17, 15) is 24.9 Å². The summed E-state index contributed by atoms with van der Waals surface area (Å²) in [6, 6.07) is 11.0. The van der Waals surface area contributed by atoms with Gasteiger partial charge in [0.15, 0.2) is 6.23 Å². The van der Waals surface area contributed by atoms with Gasteiger partial charge >= 0.3 is 0 Å².